The maximum Gasteiger partial charge on any atom is 0.246 e. The van der Waals surface area contributed by atoms with Crippen LogP contribution in [0.5, 0.6) is 5.75 Å². The number of carbonyl (C=O) groups is 2. The number of amides is 2. The number of aryl methyl sites for hydroxylation is 1. The first-order valence-electron chi connectivity index (χ1n) is 12.0. The molecule has 0 bridgehead atoms. The molecule has 0 radical (unpaired) electrons. The monoisotopic (exact) mass is 472 g/mol. The van der Waals surface area contributed by atoms with E-state index in [0.717, 1.165) is 48.2 Å². The molecule has 4 rings (SSSR count). The number of anilines is 1. The third-order valence-electron chi connectivity index (χ3n) is 6.36. The summed E-state index contributed by atoms with van der Waals surface area (Å²) in [7, 11) is 1.63. The van der Waals surface area contributed by atoms with Crippen molar-refractivity contribution in [2.45, 2.75) is 32.6 Å². The molecule has 0 spiro atoms. The van der Waals surface area contributed by atoms with E-state index in [1.807, 2.05) is 66.2 Å². The minimum Gasteiger partial charge on any atom is -0.497 e. The summed E-state index contributed by atoms with van der Waals surface area (Å²) in [5, 5.41) is 2.93. The van der Waals surface area contributed by atoms with Gasteiger partial charge in [-0.1, -0.05) is 36.6 Å². The van der Waals surface area contributed by atoms with Crippen LogP contribution in [0, 0.1) is 12.8 Å². The molecule has 2 aromatic carbocycles. The standard InChI is InChI=1S/C28H32N4O3/c1-4-17-31(27(34)22-7-5-6-8-22)19-26(33)30-28-29-25(21-11-15-24(35-3)16-12-21)18-32(28)23-13-9-20(2)10-14-23/h4,9-16,18,22H,1,5-8,17,19H2,2-3H3,(H,29,30,33). The number of nitrogens with zero attached hydrogens (tertiary/aromatic N) is 3. The second-order valence-electron chi connectivity index (χ2n) is 8.92. The zero-order chi connectivity index (χ0) is 24.8. The average Bonchev–Trinajstić information content (AvgIpc) is 3.55. The van der Waals surface area contributed by atoms with E-state index in [0.29, 0.717) is 18.2 Å². The van der Waals surface area contributed by atoms with E-state index in [1.165, 1.54) is 0 Å². The molecule has 0 unspecified atom stereocenters. The largest absolute Gasteiger partial charge is 0.497 e. The third-order valence-corrected chi connectivity index (χ3v) is 6.36. The average molecular weight is 473 g/mol. The van der Waals surface area contributed by atoms with Gasteiger partial charge in [-0.15, -0.1) is 6.58 Å². The van der Waals surface area contributed by atoms with E-state index in [4.69, 9.17) is 9.72 Å². The predicted octanol–water partition coefficient (Wildman–Crippen LogP) is 5.00. The van der Waals surface area contributed by atoms with Gasteiger partial charge in [-0.2, -0.15) is 0 Å². The Kier molecular flexibility index (Phi) is 7.65. The van der Waals surface area contributed by atoms with Crippen molar-refractivity contribution in [2.75, 3.05) is 25.5 Å². The molecule has 1 N–H and O–H groups in total. The van der Waals surface area contributed by atoms with Gasteiger partial charge in [0.2, 0.25) is 17.8 Å². The molecule has 0 atom stereocenters. The molecule has 0 saturated heterocycles. The first-order valence-corrected chi connectivity index (χ1v) is 12.0. The second kappa shape index (κ2) is 11.0. The third kappa shape index (κ3) is 5.80. The molecule has 2 amide bonds. The van der Waals surface area contributed by atoms with Crippen molar-refractivity contribution in [3.63, 3.8) is 0 Å². The fraction of sp³-hybridized carbons (Fsp3) is 0.321. The van der Waals surface area contributed by atoms with Gasteiger partial charge in [0.15, 0.2) is 0 Å². The first kappa shape index (κ1) is 24.3. The normalized spacial score (nSPS) is 13.4. The van der Waals surface area contributed by atoms with Crippen LogP contribution in [0.1, 0.15) is 31.2 Å². The highest BCUT2D eigenvalue weighted by Gasteiger charge is 2.28. The number of methoxy groups -OCH3 is 1. The van der Waals surface area contributed by atoms with Gasteiger partial charge in [0.1, 0.15) is 12.3 Å². The summed E-state index contributed by atoms with van der Waals surface area (Å²) in [5.41, 5.74) is 3.63. The van der Waals surface area contributed by atoms with Gasteiger partial charge in [-0.3, -0.25) is 19.5 Å². The van der Waals surface area contributed by atoms with E-state index >= 15 is 0 Å². The second-order valence-corrected chi connectivity index (χ2v) is 8.92. The summed E-state index contributed by atoms with van der Waals surface area (Å²) in [6, 6.07) is 15.6. The Morgan fingerprint density at radius 1 is 1.14 bits per heavy atom. The van der Waals surface area contributed by atoms with E-state index in [9.17, 15) is 9.59 Å². The fourth-order valence-corrected chi connectivity index (χ4v) is 4.43. The SMILES string of the molecule is C=CCN(CC(=O)Nc1nc(-c2ccc(OC)cc2)cn1-c1ccc(C)cc1)C(=O)C1CCCC1. The summed E-state index contributed by atoms with van der Waals surface area (Å²) in [4.78, 5) is 32.3. The molecule has 1 aliphatic rings. The van der Waals surface area contributed by atoms with E-state index in [2.05, 4.69) is 11.9 Å². The van der Waals surface area contributed by atoms with Crippen molar-refractivity contribution in [1.82, 2.24) is 14.5 Å². The molecule has 3 aromatic rings. The van der Waals surface area contributed by atoms with Crippen molar-refractivity contribution in [2.24, 2.45) is 5.92 Å². The lowest BCUT2D eigenvalue weighted by Gasteiger charge is -2.23. The topological polar surface area (TPSA) is 76.5 Å². The number of benzene rings is 2. The summed E-state index contributed by atoms with van der Waals surface area (Å²) >= 11 is 0. The zero-order valence-electron chi connectivity index (χ0n) is 20.4. The molecule has 7 nitrogen and oxygen atoms in total. The van der Waals surface area contributed by atoms with Crippen LogP contribution in [0.2, 0.25) is 0 Å². The number of ether oxygens (including phenoxy) is 1. The van der Waals surface area contributed by atoms with Gasteiger partial charge in [-0.25, -0.2) is 4.98 Å². The lowest BCUT2D eigenvalue weighted by Crippen LogP contribution is -2.41. The molecule has 182 valence electrons. The Morgan fingerprint density at radius 3 is 2.46 bits per heavy atom. The van der Waals surface area contributed by atoms with E-state index in [1.54, 1.807) is 18.1 Å². The quantitative estimate of drug-likeness (QED) is 0.445. The minimum absolute atomic E-state index is 0.000954. The maximum absolute atomic E-state index is 13.1. The van der Waals surface area contributed by atoms with Gasteiger partial charge >= 0.3 is 0 Å². The maximum atomic E-state index is 13.1. The van der Waals surface area contributed by atoms with Gasteiger partial charge in [0.05, 0.1) is 12.8 Å². The smallest absolute Gasteiger partial charge is 0.246 e. The van der Waals surface area contributed by atoms with E-state index < -0.39 is 0 Å². The first-order chi connectivity index (χ1) is 17.0. The van der Waals surface area contributed by atoms with Crippen LogP contribution in [-0.4, -0.2) is 46.5 Å². The Bertz CT molecular complexity index is 1180. The fourth-order valence-electron chi connectivity index (χ4n) is 4.43. The molecule has 35 heavy (non-hydrogen) atoms. The van der Waals surface area contributed by atoms with Gasteiger partial charge in [-0.05, 0) is 56.2 Å². The van der Waals surface area contributed by atoms with Crippen LogP contribution < -0.4 is 10.1 Å². The minimum atomic E-state index is -0.293. The Morgan fingerprint density at radius 2 is 1.83 bits per heavy atom. The number of aromatic nitrogens is 2. The van der Waals surface area contributed by atoms with Crippen molar-refractivity contribution < 1.29 is 14.3 Å². The highest BCUT2D eigenvalue weighted by molar-refractivity contribution is 5.94. The van der Waals surface area contributed by atoms with Crippen LogP contribution in [0.3, 0.4) is 0 Å². The lowest BCUT2D eigenvalue weighted by atomic mass is 10.1. The van der Waals surface area contributed by atoms with E-state index in [-0.39, 0.29) is 24.3 Å². The number of hydrogen-bond donors (Lipinski definition) is 1. The van der Waals surface area contributed by atoms with Crippen LogP contribution in [0.15, 0.2) is 67.4 Å². The predicted molar refractivity (Wildman–Crippen MR) is 138 cm³/mol. The molecule has 1 saturated carbocycles. The molecular formula is C28H32N4O3. The molecule has 1 heterocycles. The number of imidazole rings is 1. The van der Waals surface area contributed by atoms with Crippen LogP contribution in [0.4, 0.5) is 5.95 Å². The zero-order valence-corrected chi connectivity index (χ0v) is 20.4. The lowest BCUT2D eigenvalue weighted by molar-refractivity contribution is -0.137. The van der Waals surface area contributed by atoms with Crippen LogP contribution in [0.25, 0.3) is 16.9 Å². The summed E-state index contributed by atoms with van der Waals surface area (Å²) < 4.78 is 7.11. The molecule has 7 heteroatoms. The summed E-state index contributed by atoms with van der Waals surface area (Å²) in [6.45, 7) is 6.08. The Hall–Kier alpha value is -3.87. The van der Waals surface area contributed by atoms with Gasteiger partial charge in [0, 0.05) is 29.9 Å². The van der Waals surface area contributed by atoms with Crippen molar-refractivity contribution >= 4 is 17.8 Å². The molecule has 1 aromatic heterocycles. The number of carbonyl (C=O) groups excluding carboxylic acids is 2. The Balaban J connectivity index is 1.59. The highest BCUT2D eigenvalue weighted by atomic mass is 16.5. The summed E-state index contributed by atoms with van der Waals surface area (Å²) in [6.07, 6.45) is 7.45. The molecular weight excluding hydrogens is 440 g/mol. The summed E-state index contributed by atoms with van der Waals surface area (Å²) in [5.74, 6) is 0.891. The number of rotatable bonds is 9. The van der Waals surface area contributed by atoms with Crippen molar-refractivity contribution in [3.8, 4) is 22.7 Å². The number of nitrogens with one attached hydrogen (secondary N) is 1. The van der Waals surface area contributed by atoms with Gasteiger partial charge < -0.3 is 9.64 Å². The highest BCUT2D eigenvalue weighted by Crippen LogP contribution is 2.28. The molecule has 1 aliphatic carbocycles. The Labute approximate surface area is 206 Å². The van der Waals surface area contributed by atoms with Crippen LogP contribution in [-0.2, 0) is 9.59 Å². The molecule has 1 fully saturated rings. The van der Waals surface area contributed by atoms with Crippen LogP contribution >= 0.6 is 0 Å². The van der Waals surface area contributed by atoms with Crippen molar-refractivity contribution in [1.29, 1.82) is 0 Å². The van der Waals surface area contributed by atoms with Gasteiger partial charge in [0.25, 0.3) is 0 Å². The van der Waals surface area contributed by atoms with Crippen molar-refractivity contribution in [3.05, 3.63) is 72.9 Å². The molecule has 0 aliphatic heterocycles. The number of hydrogen-bond acceptors (Lipinski definition) is 4.